The molecule has 2 fully saturated rings. The monoisotopic (exact) mass is 703 g/mol. The quantitative estimate of drug-likeness (QED) is 0.185. The van der Waals surface area contributed by atoms with E-state index in [-0.39, 0.29) is 25.0 Å². The van der Waals surface area contributed by atoms with Crippen LogP contribution in [0, 0.1) is 23.2 Å². The van der Waals surface area contributed by atoms with Crippen LogP contribution < -0.4 is 26.4 Å². The summed E-state index contributed by atoms with van der Waals surface area (Å²) < 4.78 is 10.6. The third-order valence-electron chi connectivity index (χ3n) is 8.25. The van der Waals surface area contributed by atoms with Crippen LogP contribution in [0.3, 0.4) is 0 Å². The number of primary amides is 1. The highest BCUT2D eigenvalue weighted by atomic mass is 16.5. The Hall–Kier alpha value is -4.16. The van der Waals surface area contributed by atoms with Crippen LogP contribution in [0.5, 0.6) is 5.75 Å². The van der Waals surface area contributed by atoms with Crippen LogP contribution in [0.4, 0.5) is 4.79 Å². The molecule has 13 nitrogen and oxygen atoms in total. The summed E-state index contributed by atoms with van der Waals surface area (Å²) in [5, 5.41) is 7.81. The van der Waals surface area contributed by atoms with Gasteiger partial charge in [0.1, 0.15) is 30.5 Å². The number of nitrogens with one attached hydrogen (secondary N) is 3. The Kier molecular flexibility index (Phi) is 18.0. The van der Waals surface area contributed by atoms with E-state index in [0.717, 1.165) is 11.5 Å². The van der Waals surface area contributed by atoms with Gasteiger partial charge in [0.05, 0.1) is 13.2 Å². The highest BCUT2D eigenvalue weighted by molar-refractivity contribution is 6.37. The minimum atomic E-state index is -1.17. The molecule has 1 aliphatic carbocycles. The van der Waals surface area contributed by atoms with Gasteiger partial charge in [-0.1, -0.05) is 93.7 Å². The van der Waals surface area contributed by atoms with E-state index in [4.69, 9.17) is 15.2 Å². The van der Waals surface area contributed by atoms with Crippen molar-refractivity contribution in [3.8, 4) is 5.75 Å². The number of esters is 1. The number of hydrogen-bond donors (Lipinski definition) is 4. The Morgan fingerprint density at radius 2 is 1.46 bits per heavy atom. The van der Waals surface area contributed by atoms with Crippen molar-refractivity contribution in [3.05, 3.63) is 29.8 Å². The zero-order valence-electron chi connectivity index (χ0n) is 31.9. The number of carbonyl (C=O) groups excluding carboxylic acids is 6. The van der Waals surface area contributed by atoms with E-state index >= 15 is 0 Å². The van der Waals surface area contributed by atoms with E-state index in [1.165, 1.54) is 31.1 Å². The molecular weight excluding hydrogens is 642 g/mol. The van der Waals surface area contributed by atoms with Crippen LogP contribution in [-0.2, 0) is 35.3 Å². The summed E-state index contributed by atoms with van der Waals surface area (Å²) in [5.41, 5.74) is 5.01. The van der Waals surface area contributed by atoms with Crippen molar-refractivity contribution in [2.45, 2.75) is 126 Å². The number of rotatable bonds is 12. The van der Waals surface area contributed by atoms with Gasteiger partial charge in [-0.3, -0.25) is 19.2 Å². The predicted molar refractivity (Wildman–Crippen MR) is 192 cm³/mol. The first kappa shape index (κ1) is 43.9. The first-order valence-corrected chi connectivity index (χ1v) is 17.6. The topological polar surface area (TPSA) is 186 Å². The second-order valence-electron chi connectivity index (χ2n) is 14.7. The first-order valence-electron chi connectivity index (χ1n) is 17.6. The molecule has 50 heavy (non-hydrogen) atoms. The summed E-state index contributed by atoms with van der Waals surface area (Å²) in [4.78, 5) is 77.6. The lowest BCUT2D eigenvalue weighted by Gasteiger charge is -2.36. The number of ether oxygens (including phenoxy) is 2. The van der Waals surface area contributed by atoms with E-state index in [0.29, 0.717) is 12.2 Å². The number of nitrogens with two attached hydrogens (primary N) is 1. The van der Waals surface area contributed by atoms with Crippen molar-refractivity contribution < 1.29 is 38.2 Å². The van der Waals surface area contributed by atoms with Crippen LogP contribution >= 0.6 is 0 Å². The van der Waals surface area contributed by atoms with Crippen molar-refractivity contribution in [2.75, 3.05) is 13.7 Å². The Labute approximate surface area is 298 Å². The van der Waals surface area contributed by atoms with Crippen LogP contribution in [-0.4, -0.2) is 78.2 Å². The molecule has 5 N–H and O–H groups in total. The number of ketones is 1. The largest absolute Gasteiger partial charge is 0.497 e. The fraction of sp³-hybridized carbons (Fsp3) is 0.676. The SMILES string of the molecule is CC1CC1.CCC.COc1ccc(COC(=O)C(NC(=O)NC(C(=O)N2CCC(C)C2C(=O)NC(C)C(=O)C(N)=O)C(C)(C)C)C(C)C)cc1. The molecule has 3 rings (SSSR count). The molecule has 5 atom stereocenters. The van der Waals surface area contributed by atoms with Gasteiger partial charge in [-0.05, 0) is 54.2 Å². The van der Waals surface area contributed by atoms with E-state index in [9.17, 15) is 28.8 Å². The second-order valence-corrected chi connectivity index (χ2v) is 14.7. The number of methoxy groups -OCH3 is 1. The Bertz CT molecular complexity index is 1290. The standard InChI is InChI=1S/C30H45N5O8.C4H8.C3H8/c1-16(2)21(28(40)43-15-19-9-11-20(42-8)12-10-19)33-29(41)34-24(30(5,6)7)27(39)35-14-13-17(3)22(35)26(38)32-18(4)23(36)25(31)37;1-4-2-3-4;1-3-2/h9-12,16-18,21-22,24H,13-15H2,1-8H3,(H2,31,37)(H,32,38)(H2,33,34,41);4H,2-3H2,1H3;3H2,1-2H3. The van der Waals surface area contributed by atoms with Gasteiger partial charge in [-0.2, -0.15) is 0 Å². The molecule has 0 spiro atoms. The Morgan fingerprint density at radius 3 is 1.90 bits per heavy atom. The predicted octanol–water partition coefficient (Wildman–Crippen LogP) is 4.11. The van der Waals surface area contributed by atoms with Gasteiger partial charge in [0, 0.05) is 6.54 Å². The Balaban J connectivity index is 0.00000160. The van der Waals surface area contributed by atoms with Gasteiger partial charge in [0.2, 0.25) is 17.6 Å². The van der Waals surface area contributed by atoms with E-state index in [2.05, 4.69) is 36.7 Å². The van der Waals surface area contributed by atoms with Crippen molar-refractivity contribution in [1.82, 2.24) is 20.9 Å². The maximum atomic E-state index is 13.8. The van der Waals surface area contributed by atoms with Gasteiger partial charge in [0.25, 0.3) is 5.91 Å². The Morgan fingerprint density at radius 1 is 0.920 bits per heavy atom. The molecule has 0 aromatic heterocycles. The fourth-order valence-electron chi connectivity index (χ4n) is 4.93. The van der Waals surface area contributed by atoms with Gasteiger partial charge in [0.15, 0.2) is 0 Å². The molecular formula is C37H61N5O8. The molecule has 5 unspecified atom stereocenters. The molecule has 0 radical (unpaired) electrons. The molecule has 1 aromatic carbocycles. The van der Waals surface area contributed by atoms with Crippen molar-refractivity contribution in [2.24, 2.45) is 28.9 Å². The highest BCUT2D eigenvalue weighted by Gasteiger charge is 2.45. The maximum absolute atomic E-state index is 13.8. The number of hydrogen-bond acceptors (Lipinski definition) is 8. The van der Waals surface area contributed by atoms with Crippen molar-refractivity contribution >= 4 is 35.5 Å². The highest BCUT2D eigenvalue weighted by Crippen LogP contribution is 2.29. The number of benzene rings is 1. The van der Waals surface area contributed by atoms with Gasteiger partial charge in [-0.15, -0.1) is 0 Å². The lowest BCUT2D eigenvalue weighted by atomic mass is 9.85. The second kappa shape index (κ2) is 20.5. The fourth-order valence-corrected chi connectivity index (χ4v) is 4.93. The summed E-state index contributed by atoms with van der Waals surface area (Å²) in [5.74, 6) is -2.68. The van der Waals surface area contributed by atoms with Crippen molar-refractivity contribution in [1.29, 1.82) is 0 Å². The summed E-state index contributed by atoms with van der Waals surface area (Å²) in [7, 11) is 1.55. The number of urea groups is 1. The zero-order valence-corrected chi connectivity index (χ0v) is 31.9. The molecule has 13 heteroatoms. The minimum absolute atomic E-state index is 0.00129. The number of amides is 5. The van der Waals surface area contributed by atoms with Crippen molar-refractivity contribution in [3.63, 3.8) is 0 Å². The lowest BCUT2D eigenvalue weighted by Crippen LogP contribution is -2.61. The third-order valence-corrected chi connectivity index (χ3v) is 8.25. The summed E-state index contributed by atoms with van der Waals surface area (Å²) in [6.45, 7) is 18.7. The molecule has 0 bridgehead atoms. The molecule has 2 aliphatic rings. The smallest absolute Gasteiger partial charge is 0.329 e. The summed E-state index contributed by atoms with van der Waals surface area (Å²) >= 11 is 0. The van der Waals surface area contributed by atoms with Crippen LogP contribution in [0.15, 0.2) is 24.3 Å². The summed E-state index contributed by atoms with van der Waals surface area (Å²) in [6.07, 6.45) is 4.74. The molecule has 1 saturated heterocycles. The molecule has 1 aliphatic heterocycles. The number of Topliss-reactive ketones (excluding diaryl/α,β-unsaturated/α-hetero) is 1. The maximum Gasteiger partial charge on any atom is 0.329 e. The average molecular weight is 704 g/mol. The van der Waals surface area contributed by atoms with E-state index in [1.807, 2.05) is 0 Å². The van der Waals surface area contributed by atoms with E-state index in [1.54, 1.807) is 72.9 Å². The molecule has 1 aromatic rings. The molecule has 282 valence electrons. The van der Waals surface area contributed by atoms with Gasteiger partial charge < -0.3 is 36.1 Å². The zero-order chi connectivity index (χ0) is 38.3. The minimum Gasteiger partial charge on any atom is -0.497 e. The number of nitrogens with zero attached hydrogens (tertiary/aromatic N) is 1. The third kappa shape index (κ3) is 14.4. The van der Waals surface area contributed by atoms with Gasteiger partial charge >= 0.3 is 12.0 Å². The molecule has 1 saturated carbocycles. The summed E-state index contributed by atoms with van der Waals surface area (Å²) in [6, 6.07) is 2.12. The molecule has 1 heterocycles. The first-order chi connectivity index (χ1) is 23.3. The van der Waals surface area contributed by atoms with Crippen LogP contribution in [0.1, 0.15) is 100 Å². The van der Waals surface area contributed by atoms with Gasteiger partial charge in [-0.25, -0.2) is 9.59 Å². The van der Waals surface area contributed by atoms with E-state index < -0.39 is 65.1 Å². The normalized spacial score (nSPS) is 18.5. The number of likely N-dealkylation sites (tertiary alicyclic amines) is 1. The average Bonchev–Trinajstić information content (AvgIpc) is 3.73. The van der Waals surface area contributed by atoms with Crippen LogP contribution in [0.25, 0.3) is 0 Å². The van der Waals surface area contributed by atoms with Crippen LogP contribution in [0.2, 0.25) is 0 Å². The molecule has 5 amide bonds. The number of carbonyl (C=O) groups is 6. The lowest BCUT2D eigenvalue weighted by molar-refractivity contribution is -0.148.